The molecule has 2 aromatic heterocycles. The van der Waals surface area contributed by atoms with E-state index in [9.17, 15) is 4.79 Å². The number of carbonyl (C=O) groups is 1. The lowest BCUT2D eigenvalue weighted by molar-refractivity contribution is -0.127. The van der Waals surface area contributed by atoms with E-state index >= 15 is 0 Å². The van der Waals surface area contributed by atoms with Crippen molar-refractivity contribution in [2.75, 3.05) is 27.0 Å². The number of furan rings is 1. The number of nitrogens with zero attached hydrogens (tertiary/aromatic N) is 4. The van der Waals surface area contributed by atoms with Crippen LogP contribution in [0.15, 0.2) is 76.5 Å². The number of ether oxygens (including phenoxy) is 2. The van der Waals surface area contributed by atoms with E-state index in [0.29, 0.717) is 41.3 Å². The van der Waals surface area contributed by atoms with E-state index in [4.69, 9.17) is 13.9 Å². The van der Waals surface area contributed by atoms with Gasteiger partial charge in [-0.05, 0) is 35.4 Å². The summed E-state index contributed by atoms with van der Waals surface area (Å²) in [6.45, 7) is 1.02. The molecule has 0 aliphatic heterocycles. The first-order valence-corrected chi connectivity index (χ1v) is 11.7. The number of hydrogen-bond donors (Lipinski definition) is 0. The van der Waals surface area contributed by atoms with Gasteiger partial charge < -0.3 is 18.8 Å². The predicted octanol–water partition coefficient (Wildman–Crippen LogP) is 4.35. The van der Waals surface area contributed by atoms with Gasteiger partial charge in [-0.2, -0.15) is 0 Å². The van der Waals surface area contributed by atoms with E-state index in [1.54, 1.807) is 32.4 Å². The molecule has 0 spiro atoms. The van der Waals surface area contributed by atoms with Crippen LogP contribution in [0.5, 0.6) is 11.5 Å². The van der Waals surface area contributed by atoms with Crippen LogP contribution in [0.3, 0.4) is 0 Å². The summed E-state index contributed by atoms with van der Waals surface area (Å²) in [5.74, 6) is 2.76. The van der Waals surface area contributed by atoms with E-state index in [1.165, 1.54) is 11.8 Å². The molecular formula is C25H26N4O4S. The summed E-state index contributed by atoms with van der Waals surface area (Å²) in [4.78, 5) is 14.6. The van der Waals surface area contributed by atoms with E-state index in [1.807, 2.05) is 65.2 Å². The molecule has 1 amide bonds. The van der Waals surface area contributed by atoms with Gasteiger partial charge in [0, 0.05) is 13.6 Å². The lowest BCUT2D eigenvalue weighted by Crippen LogP contribution is -2.28. The second-order valence-corrected chi connectivity index (χ2v) is 8.53. The van der Waals surface area contributed by atoms with Crippen LogP contribution in [0.2, 0.25) is 0 Å². The van der Waals surface area contributed by atoms with Gasteiger partial charge in [-0.1, -0.05) is 48.2 Å². The van der Waals surface area contributed by atoms with E-state index in [-0.39, 0.29) is 11.7 Å². The maximum Gasteiger partial charge on any atom is 0.233 e. The predicted molar refractivity (Wildman–Crippen MR) is 130 cm³/mol. The van der Waals surface area contributed by atoms with Crippen molar-refractivity contribution in [1.82, 2.24) is 19.7 Å². The van der Waals surface area contributed by atoms with E-state index < -0.39 is 0 Å². The number of amides is 1. The van der Waals surface area contributed by atoms with Gasteiger partial charge in [-0.25, -0.2) is 0 Å². The summed E-state index contributed by atoms with van der Waals surface area (Å²) in [7, 11) is 4.97. The highest BCUT2D eigenvalue weighted by Gasteiger charge is 2.19. The summed E-state index contributed by atoms with van der Waals surface area (Å²) in [5, 5.41) is 9.32. The Balaban J connectivity index is 1.46. The molecule has 176 valence electrons. The first-order chi connectivity index (χ1) is 16.6. The number of methoxy groups -OCH3 is 2. The highest BCUT2D eigenvalue weighted by atomic mass is 32.2. The lowest BCUT2D eigenvalue weighted by Gasteiger charge is -2.18. The zero-order valence-electron chi connectivity index (χ0n) is 19.3. The Kier molecular flexibility index (Phi) is 7.54. The average Bonchev–Trinajstić information content (AvgIpc) is 3.53. The molecule has 0 saturated heterocycles. The molecule has 4 aromatic rings. The van der Waals surface area contributed by atoms with Crippen molar-refractivity contribution in [3.8, 4) is 23.1 Å². The molecule has 34 heavy (non-hydrogen) atoms. The molecule has 4 rings (SSSR count). The highest BCUT2D eigenvalue weighted by molar-refractivity contribution is 7.99. The Bertz CT molecular complexity index is 1230. The fourth-order valence-electron chi connectivity index (χ4n) is 3.47. The first kappa shape index (κ1) is 23.4. The summed E-state index contributed by atoms with van der Waals surface area (Å²) < 4.78 is 18.2. The summed E-state index contributed by atoms with van der Waals surface area (Å²) in [6, 6.07) is 19.3. The SMILES string of the molecule is COc1ccc(CN(C)C(=O)CSc2nnc(-c3ccco3)n2Cc2ccccc2)cc1OC. The molecule has 0 unspecified atom stereocenters. The van der Waals surface area contributed by atoms with Crippen molar-refractivity contribution in [3.63, 3.8) is 0 Å². The van der Waals surface area contributed by atoms with Crippen LogP contribution >= 0.6 is 11.8 Å². The Hall–Kier alpha value is -3.72. The Labute approximate surface area is 202 Å². The van der Waals surface area contributed by atoms with Crippen molar-refractivity contribution in [3.05, 3.63) is 78.1 Å². The van der Waals surface area contributed by atoms with Gasteiger partial charge in [-0.3, -0.25) is 9.36 Å². The molecule has 0 aliphatic carbocycles. The Morgan fingerprint density at radius 1 is 1.00 bits per heavy atom. The minimum Gasteiger partial charge on any atom is -0.493 e. The molecule has 9 heteroatoms. The quantitative estimate of drug-likeness (QED) is 0.313. The van der Waals surface area contributed by atoms with Crippen molar-refractivity contribution >= 4 is 17.7 Å². The van der Waals surface area contributed by atoms with Gasteiger partial charge in [0.2, 0.25) is 11.7 Å². The third-order valence-electron chi connectivity index (χ3n) is 5.26. The monoisotopic (exact) mass is 478 g/mol. The highest BCUT2D eigenvalue weighted by Crippen LogP contribution is 2.29. The molecule has 8 nitrogen and oxygen atoms in total. The largest absolute Gasteiger partial charge is 0.493 e. The zero-order chi connectivity index (χ0) is 23.9. The third-order valence-corrected chi connectivity index (χ3v) is 6.21. The van der Waals surface area contributed by atoms with Crippen LogP contribution in [0.1, 0.15) is 11.1 Å². The minimum absolute atomic E-state index is 0.0198. The lowest BCUT2D eigenvalue weighted by atomic mass is 10.2. The second-order valence-electron chi connectivity index (χ2n) is 7.58. The molecule has 0 aliphatic rings. The van der Waals surface area contributed by atoms with Gasteiger partial charge in [0.1, 0.15) is 0 Å². The molecule has 0 radical (unpaired) electrons. The van der Waals surface area contributed by atoms with Crippen LogP contribution in [0.25, 0.3) is 11.6 Å². The van der Waals surface area contributed by atoms with Gasteiger partial charge in [0.25, 0.3) is 0 Å². The number of rotatable bonds is 10. The molecule has 0 N–H and O–H groups in total. The van der Waals surface area contributed by atoms with Crippen LogP contribution in [-0.4, -0.2) is 52.6 Å². The van der Waals surface area contributed by atoms with Crippen LogP contribution in [0, 0.1) is 0 Å². The second kappa shape index (κ2) is 10.9. The molecule has 0 bridgehead atoms. The standard InChI is InChI=1S/C25H26N4O4S/c1-28(15-19-11-12-20(31-2)22(14-19)32-3)23(30)17-34-25-27-26-24(21-10-7-13-33-21)29(25)16-18-8-5-4-6-9-18/h4-14H,15-17H2,1-3H3. The number of hydrogen-bond acceptors (Lipinski definition) is 7. The molecule has 2 aromatic carbocycles. The van der Waals surface area contributed by atoms with Crippen LogP contribution < -0.4 is 9.47 Å². The van der Waals surface area contributed by atoms with Gasteiger partial charge >= 0.3 is 0 Å². The minimum atomic E-state index is -0.0198. The smallest absolute Gasteiger partial charge is 0.233 e. The summed E-state index contributed by atoms with van der Waals surface area (Å²) in [5.41, 5.74) is 2.06. The third kappa shape index (κ3) is 5.43. The topological polar surface area (TPSA) is 82.6 Å². The Morgan fingerprint density at radius 2 is 1.79 bits per heavy atom. The fraction of sp³-hybridized carbons (Fsp3) is 0.240. The number of benzene rings is 2. The van der Waals surface area contributed by atoms with Crippen LogP contribution in [-0.2, 0) is 17.9 Å². The number of aromatic nitrogens is 3. The van der Waals surface area contributed by atoms with Gasteiger partial charge in [0.15, 0.2) is 22.4 Å². The normalized spacial score (nSPS) is 10.8. The fourth-order valence-corrected chi connectivity index (χ4v) is 4.35. The number of carbonyl (C=O) groups excluding carboxylic acids is 1. The maximum atomic E-state index is 12.9. The summed E-state index contributed by atoms with van der Waals surface area (Å²) in [6.07, 6.45) is 1.61. The summed E-state index contributed by atoms with van der Waals surface area (Å²) >= 11 is 1.36. The molecule has 0 fully saturated rings. The zero-order valence-corrected chi connectivity index (χ0v) is 20.1. The number of thioether (sulfide) groups is 1. The van der Waals surface area contributed by atoms with Crippen molar-refractivity contribution in [2.45, 2.75) is 18.2 Å². The van der Waals surface area contributed by atoms with Crippen molar-refractivity contribution in [1.29, 1.82) is 0 Å². The van der Waals surface area contributed by atoms with Crippen molar-refractivity contribution in [2.24, 2.45) is 0 Å². The van der Waals surface area contributed by atoms with Gasteiger partial charge in [-0.15, -0.1) is 10.2 Å². The van der Waals surface area contributed by atoms with Crippen molar-refractivity contribution < 1.29 is 18.7 Å². The Morgan fingerprint density at radius 3 is 2.50 bits per heavy atom. The maximum absolute atomic E-state index is 12.9. The first-order valence-electron chi connectivity index (χ1n) is 10.7. The molecular weight excluding hydrogens is 452 g/mol. The van der Waals surface area contributed by atoms with E-state index in [0.717, 1.165) is 11.1 Å². The molecule has 0 saturated carbocycles. The van der Waals surface area contributed by atoms with E-state index in [2.05, 4.69) is 10.2 Å². The van der Waals surface area contributed by atoms with Gasteiger partial charge in [0.05, 0.1) is 32.8 Å². The molecule has 0 atom stereocenters. The van der Waals surface area contributed by atoms with Crippen LogP contribution in [0.4, 0.5) is 0 Å². The average molecular weight is 479 g/mol. The molecule has 2 heterocycles.